The highest BCUT2D eigenvalue weighted by molar-refractivity contribution is 6.03. The van der Waals surface area contributed by atoms with E-state index >= 15 is 0 Å². The molecule has 4 rings (SSSR count). The Hall–Kier alpha value is -3.08. The molecular weight excluding hydrogens is 465 g/mol. The van der Waals surface area contributed by atoms with Crippen molar-refractivity contribution in [2.45, 2.75) is 51.1 Å². The summed E-state index contributed by atoms with van der Waals surface area (Å²) in [6, 6.07) is 2.10. The van der Waals surface area contributed by atoms with E-state index in [-0.39, 0.29) is 35.6 Å². The van der Waals surface area contributed by atoms with Crippen molar-refractivity contribution < 1.29 is 32.3 Å². The van der Waals surface area contributed by atoms with E-state index in [1.54, 1.807) is 13.8 Å². The summed E-state index contributed by atoms with van der Waals surface area (Å²) < 4.78 is 46.8. The van der Waals surface area contributed by atoms with Gasteiger partial charge in [-0.2, -0.15) is 13.2 Å². The molecule has 1 saturated heterocycles. The van der Waals surface area contributed by atoms with Gasteiger partial charge in [0.05, 0.1) is 35.5 Å². The van der Waals surface area contributed by atoms with Crippen molar-refractivity contribution in [2.75, 3.05) is 26.7 Å². The minimum absolute atomic E-state index is 0.0429. The number of urea groups is 1. The lowest BCUT2D eigenvalue weighted by atomic mass is 9.91. The van der Waals surface area contributed by atoms with Crippen LogP contribution in [0, 0.1) is 5.92 Å². The van der Waals surface area contributed by atoms with Crippen molar-refractivity contribution in [2.24, 2.45) is 5.92 Å². The van der Waals surface area contributed by atoms with E-state index in [2.05, 4.69) is 10.6 Å². The van der Waals surface area contributed by atoms with E-state index in [9.17, 15) is 27.6 Å². The fourth-order valence-electron chi connectivity index (χ4n) is 4.98. The summed E-state index contributed by atoms with van der Waals surface area (Å²) >= 11 is 0. The summed E-state index contributed by atoms with van der Waals surface area (Å²) in [7, 11) is 1.45. The average Bonchev–Trinajstić information content (AvgIpc) is 3.43. The molecule has 3 heterocycles. The van der Waals surface area contributed by atoms with Gasteiger partial charge < -0.3 is 20.3 Å². The fraction of sp³-hybridized carbons (Fsp3) is 0.542. The molecule has 11 heteroatoms. The molecule has 0 spiro atoms. The Balaban J connectivity index is 1.65. The molecule has 3 atom stereocenters. The molecule has 8 nitrogen and oxygen atoms in total. The summed E-state index contributed by atoms with van der Waals surface area (Å²) in [6.07, 6.45) is -2.99. The maximum atomic E-state index is 13.7. The van der Waals surface area contributed by atoms with Gasteiger partial charge in [0, 0.05) is 20.2 Å². The molecule has 0 aliphatic carbocycles. The molecule has 190 valence electrons. The van der Waals surface area contributed by atoms with Crippen molar-refractivity contribution in [1.29, 1.82) is 0 Å². The van der Waals surface area contributed by atoms with Gasteiger partial charge >= 0.3 is 12.2 Å². The van der Waals surface area contributed by atoms with Crippen LogP contribution in [0.1, 0.15) is 43.9 Å². The topological polar surface area (TPSA) is 91.0 Å². The SMILES string of the molecule is CC(C)[C@H](C(=O)NC[C@@H]1CCCO1)N1CC2=C(C1=O)[C@@H](c1ccccc1C(F)(F)F)NC(=O)N2C. The van der Waals surface area contributed by atoms with Gasteiger partial charge in [0.1, 0.15) is 6.04 Å². The molecule has 0 unspecified atom stereocenters. The van der Waals surface area contributed by atoms with Gasteiger partial charge in [-0.15, -0.1) is 0 Å². The van der Waals surface area contributed by atoms with E-state index in [0.29, 0.717) is 18.8 Å². The second-order valence-electron chi connectivity index (χ2n) is 9.39. The Labute approximate surface area is 201 Å². The maximum absolute atomic E-state index is 13.7. The van der Waals surface area contributed by atoms with Crippen molar-refractivity contribution in [1.82, 2.24) is 20.4 Å². The van der Waals surface area contributed by atoms with Gasteiger partial charge in [-0.3, -0.25) is 14.5 Å². The number of amides is 4. The van der Waals surface area contributed by atoms with E-state index in [4.69, 9.17) is 4.74 Å². The normalized spacial score (nSPS) is 23.6. The zero-order valence-corrected chi connectivity index (χ0v) is 19.8. The van der Waals surface area contributed by atoms with Crippen LogP contribution < -0.4 is 10.6 Å². The van der Waals surface area contributed by atoms with Crippen LogP contribution in [-0.2, 0) is 20.5 Å². The summed E-state index contributed by atoms with van der Waals surface area (Å²) in [6.45, 7) is 4.50. The molecule has 3 aliphatic rings. The number of hydrogen-bond donors (Lipinski definition) is 2. The lowest BCUT2D eigenvalue weighted by molar-refractivity contribution is -0.139. The third-order valence-electron chi connectivity index (χ3n) is 6.73. The van der Waals surface area contributed by atoms with Crippen molar-refractivity contribution in [3.8, 4) is 0 Å². The van der Waals surface area contributed by atoms with E-state index in [0.717, 1.165) is 18.9 Å². The predicted octanol–water partition coefficient (Wildman–Crippen LogP) is 2.82. The molecule has 2 N–H and O–H groups in total. The fourth-order valence-corrected chi connectivity index (χ4v) is 4.98. The van der Waals surface area contributed by atoms with Crippen LogP contribution >= 0.6 is 0 Å². The Morgan fingerprint density at radius 1 is 1.26 bits per heavy atom. The Morgan fingerprint density at radius 3 is 2.60 bits per heavy atom. The molecule has 0 aromatic heterocycles. The number of ether oxygens (including phenoxy) is 1. The number of carbonyl (C=O) groups excluding carboxylic acids is 3. The number of benzene rings is 1. The summed E-state index contributed by atoms with van der Waals surface area (Å²) in [4.78, 5) is 42.0. The summed E-state index contributed by atoms with van der Waals surface area (Å²) in [5, 5.41) is 5.40. The Morgan fingerprint density at radius 2 is 1.97 bits per heavy atom. The molecule has 0 saturated carbocycles. The highest BCUT2D eigenvalue weighted by Gasteiger charge is 2.48. The summed E-state index contributed by atoms with van der Waals surface area (Å²) in [5.74, 6) is -1.21. The smallest absolute Gasteiger partial charge is 0.376 e. The number of rotatable bonds is 6. The van der Waals surface area contributed by atoms with Gasteiger partial charge in [0.25, 0.3) is 5.91 Å². The molecule has 1 fully saturated rings. The lowest BCUT2D eigenvalue weighted by Crippen LogP contribution is -2.52. The van der Waals surface area contributed by atoms with Crippen molar-refractivity contribution >= 4 is 17.8 Å². The first-order valence-corrected chi connectivity index (χ1v) is 11.6. The van der Waals surface area contributed by atoms with E-state index in [1.807, 2.05) is 0 Å². The minimum atomic E-state index is -4.67. The first-order valence-electron chi connectivity index (χ1n) is 11.6. The van der Waals surface area contributed by atoms with Crippen LogP contribution in [-0.4, -0.2) is 66.5 Å². The lowest BCUT2D eigenvalue weighted by Gasteiger charge is -2.32. The van der Waals surface area contributed by atoms with Crippen molar-refractivity contribution in [3.05, 3.63) is 46.7 Å². The first-order chi connectivity index (χ1) is 16.5. The monoisotopic (exact) mass is 494 g/mol. The van der Waals surface area contributed by atoms with Crippen LogP contribution in [0.4, 0.5) is 18.0 Å². The van der Waals surface area contributed by atoms with Gasteiger partial charge in [-0.25, -0.2) is 4.79 Å². The molecule has 1 aromatic carbocycles. The third kappa shape index (κ3) is 4.73. The molecule has 3 aliphatic heterocycles. The number of alkyl halides is 3. The number of likely N-dealkylation sites (N-methyl/N-ethyl adjacent to an activating group) is 1. The number of nitrogens with zero attached hydrogens (tertiary/aromatic N) is 2. The Kier molecular flexibility index (Phi) is 6.81. The largest absolute Gasteiger partial charge is 0.416 e. The number of hydrogen-bond acceptors (Lipinski definition) is 4. The van der Waals surface area contributed by atoms with Crippen LogP contribution in [0.25, 0.3) is 0 Å². The molecular formula is C24H29F3N4O4. The Bertz CT molecular complexity index is 1050. The predicted molar refractivity (Wildman–Crippen MR) is 120 cm³/mol. The molecule has 0 radical (unpaired) electrons. The van der Waals surface area contributed by atoms with Gasteiger partial charge in [0.15, 0.2) is 0 Å². The standard InChI is InChI=1S/C24H29F3N4O4/c1-13(2)20(21(32)28-11-14-7-6-10-35-14)31-12-17-18(22(31)33)19(29-23(34)30(17)3)15-8-4-5-9-16(15)24(25,26)27/h4-5,8-9,13-14,19-20H,6-7,10-12H2,1-3H3,(H,28,32)(H,29,34)/t14-,19+,20+/m0/s1. The van der Waals surface area contributed by atoms with Crippen LogP contribution in [0.3, 0.4) is 0 Å². The maximum Gasteiger partial charge on any atom is 0.416 e. The van der Waals surface area contributed by atoms with Crippen LogP contribution in [0.5, 0.6) is 0 Å². The molecule has 35 heavy (non-hydrogen) atoms. The van der Waals surface area contributed by atoms with Gasteiger partial charge in [-0.05, 0) is 30.4 Å². The summed E-state index contributed by atoms with van der Waals surface area (Å²) in [5.41, 5.74) is -0.810. The van der Waals surface area contributed by atoms with E-state index in [1.165, 1.54) is 35.0 Å². The van der Waals surface area contributed by atoms with Crippen LogP contribution in [0.2, 0.25) is 0 Å². The molecule has 4 amide bonds. The zero-order chi connectivity index (χ0) is 25.5. The van der Waals surface area contributed by atoms with Crippen LogP contribution in [0.15, 0.2) is 35.5 Å². The third-order valence-corrected chi connectivity index (χ3v) is 6.73. The quantitative estimate of drug-likeness (QED) is 0.637. The highest BCUT2D eigenvalue weighted by atomic mass is 19.4. The highest BCUT2D eigenvalue weighted by Crippen LogP contribution is 2.42. The minimum Gasteiger partial charge on any atom is -0.376 e. The first kappa shape index (κ1) is 25.0. The molecule has 1 aromatic rings. The van der Waals surface area contributed by atoms with Gasteiger partial charge in [-0.1, -0.05) is 32.0 Å². The zero-order valence-electron chi connectivity index (χ0n) is 19.8. The van der Waals surface area contributed by atoms with Crippen molar-refractivity contribution in [3.63, 3.8) is 0 Å². The second-order valence-corrected chi connectivity index (χ2v) is 9.39. The number of halogens is 3. The second kappa shape index (κ2) is 9.52. The number of carbonyl (C=O) groups is 3. The van der Waals surface area contributed by atoms with E-state index < -0.39 is 35.8 Å². The average molecular weight is 495 g/mol. The molecule has 0 bridgehead atoms. The number of nitrogens with one attached hydrogen (secondary N) is 2. The van der Waals surface area contributed by atoms with Gasteiger partial charge in [0.2, 0.25) is 5.91 Å².